The molecule has 102 valence electrons. The third-order valence-electron chi connectivity index (χ3n) is 3.42. The van der Waals surface area contributed by atoms with E-state index >= 15 is 0 Å². The minimum atomic E-state index is 0.0762. The van der Waals surface area contributed by atoms with Crippen LogP contribution in [0.5, 0.6) is 0 Å². The molecule has 3 N–H and O–H groups in total. The second-order valence-electron chi connectivity index (χ2n) is 4.75. The maximum atomic E-state index is 5.73. The number of nitrogens with zero attached hydrogens (tertiary/aromatic N) is 2. The number of nitrogens with one attached hydrogen (secondary N) is 1. The van der Waals surface area contributed by atoms with E-state index in [-0.39, 0.29) is 6.04 Å². The van der Waals surface area contributed by atoms with Crippen LogP contribution in [-0.2, 0) is 13.5 Å². The van der Waals surface area contributed by atoms with Gasteiger partial charge in [0.05, 0.1) is 21.9 Å². The predicted octanol–water partition coefficient (Wildman–Crippen LogP) is 2.55. The molecule has 1 unspecified atom stereocenters. The maximum absolute atomic E-state index is 5.73. The third-order valence-corrected chi connectivity index (χ3v) is 4.46. The van der Waals surface area contributed by atoms with Gasteiger partial charge in [-0.2, -0.15) is 5.10 Å². The Labute approximate surface area is 122 Å². The van der Waals surface area contributed by atoms with E-state index in [4.69, 9.17) is 5.84 Å². The van der Waals surface area contributed by atoms with Crippen molar-refractivity contribution in [3.63, 3.8) is 0 Å². The molecule has 0 amide bonds. The van der Waals surface area contributed by atoms with Crippen molar-refractivity contribution in [3.05, 3.63) is 51.3 Å². The zero-order chi connectivity index (χ0) is 14.0. The molecule has 4 nitrogen and oxygen atoms in total. The lowest BCUT2D eigenvalue weighted by Gasteiger charge is -2.19. The number of rotatable bonds is 4. The van der Waals surface area contributed by atoms with Crippen LogP contribution in [0.4, 0.5) is 0 Å². The highest BCUT2D eigenvalue weighted by atomic mass is 79.9. The van der Waals surface area contributed by atoms with Crippen molar-refractivity contribution in [2.45, 2.75) is 26.3 Å². The molecule has 0 aliphatic carbocycles. The Hall–Kier alpha value is -1.17. The highest BCUT2D eigenvalue weighted by molar-refractivity contribution is 9.10. The van der Waals surface area contributed by atoms with Crippen molar-refractivity contribution >= 4 is 15.9 Å². The van der Waals surface area contributed by atoms with Crippen LogP contribution in [-0.4, -0.2) is 9.78 Å². The molecule has 1 aromatic carbocycles. The van der Waals surface area contributed by atoms with Gasteiger partial charge in [-0.05, 0) is 40.9 Å². The second-order valence-corrected chi connectivity index (χ2v) is 5.54. The fraction of sp³-hybridized carbons (Fsp3) is 0.357. The van der Waals surface area contributed by atoms with Crippen LogP contribution in [0.1, 0.15) is 28.6 Å². The molecule has 0 saturated heterocycles. The Morgan fingerprint density at radius 1 is 1.37 bits per heavy atom. The van der Waals surface area contributed by atoms with Gasteiger partial charge in [-0.1, -0.05) is 24.3 Å². The van der Waals surface area contributed by atoms with Gasteiger partial charge in [-0.3, -0.25) is 16.0 Å². The van der Waals surface area contributed by atoms with Crippen LogP contribution < -0.4 is 11.3 Å². The normalized spacial score (nSPS) is 12.7. The Balaban J connectivity index is 2.32. The van der Waals surface area contributed by atoms with Crippen molar-refractivity contribution in [1.29, 1.82) is 0 Å². The Bertz CT molecular complexity index is 577. The number of hydrogen-bond acceptors (Lipinski definition) is 3. The van der Waals surface area contributed by atoms with Gasteiger partial charge in [0.2, 0.25) is 0 Å². The van der Waals surface area contributed by atoms with Crippen LogP contribution in [0.15, 0.2) is 28.7 Å². The Kier molecular flexibility index (Phi) is 4.39. The van der Waals surface area contributed by atoms with Crippen molar-refractivity contribution in [2.24, 2.45) is 12.9 Å². The van der Waals surface area contributed by atoms with E-state index < -0.39 is 0 Å². The monoisotopic (exact) mass is 322 g/mol. The van der Waals surface area contributed by atoms with Crippen molar-refractivity contribution in [3.8, 4) is 0 Å². The van der Waals surface area contributed by atoms with Crippen molar-refractivity contribution < 1.29 is 0 Å². The maximum Gasteiger partial charge on any atom is 0.0738 e. The van der Waals surface area contributed by atoms with E-state index in [2.05, 4.69) is 45.5 Å². The molecule has 2 rings (SSSR count). The molecule has 2 aromatic rings. The van der Waals surface area contributed by atoms with Gasteiger partial charge in [-0.25, -0.2) is 0 Å². The molecule has 0 bridgehead atoms. The highest BCUT2D eigenvalue weighted by Gasteiger charge is 2.18. The molecule has 0 spiro atoms. The molecular weight excluding hydrogens is 304 g/mol. The zero-order valence-electron chi connectivity index (χ0n) is 11.4. The SMILES string of the molecule is Cc1ccccc1C(Cc1c(Br)c(C)nn1C)NN. The van der Waals surface area contributed by atoms with Gasteiger partial charge >= 0.3 is 0 Å². The summed E-state index contributed by atoms with van der Waals surface area (Å²) in [6.07, 6.45) is 0.791. The topological polar surface area (TPSA) is 55.9 Å². The van der Waals surface area contributed by atoms with Gasteiger partial charge in [0, 0.05) is 13.5 Å². The number of halogens is 1. The van der Waals surface area contributed by atoms with E-state index in [1.54, 1.807) is 0 Å². The van der Waals surface area contributed by atoms with Gasteiger partial charge in [0.15, 0.2) is 0 Å². The fourth-order valence-corrected chi connectivity index (χ4v) is 2.83. The van der Waals surface area contributed by atoms with Crippen LogP contribution in [0.2, 0.25) is 0 Å². The zero-order valence-corrected chi connectivity index (χ0v) is 13.0. The molecule has 0 aliphatic rings. The predicted molar refractivity (Wildman–Crippen MR) is 80.6 cm³/mol. The summed E-state index contributed by atoms with van der Waals surface area (Å²) in [7, 11) is 1.96. The van der Waals surface area contributed by atoms with E-state index in [0.717, 1.165) is 22.3 Å². The minimum Gasteiger partial charge on any atom is -0.271 e. The largest absolute Gasteiger partial charge is 0.271 e. The molecule has 0 fully saturated rings. The van der Waals surface area contributed by atoms with Crippen LogP contribution in [0.3, 0.4) is 0 Å². The summed E-state index contributed by atoms with van der Waals surface area (Å²) in [6, 6.07) is 8.36. The number of hydrazine groups is 1. The van der Waals surface area contributed by atoms with Crippen molar-refractivity contribution in [1.82, 2.24) is 15.2 Å². The number of benzene rings is 1. The molecule has 0 radical (unpaired) electrons. The van der Waals surface area contributed by atoms with E-state index in [1.165, 1.54) is 11.1 Å². The lowest BCUT2D eigenvalue weighted by atomic mass is 9.98. The summed E-state index contributed by atoms with van der Waals surface area (Å²) >= 11 is 3.60. The highest BCUT2D eigenvalue weighted by Crippen LogP contribution is 2.26. The molecule has 1 heterocycles. The van der Waals surface area contributed by atoms with Crippen LogP contribution >= 0.6 is 15.9 Å². The summed E-state index contributed by atoms with van der Waals surface area (Å²) < 4.78 is 2.96. The van der Waals surface area contributed by atoms with Crippen LogP contribution in [0.25, 0.3) is 0 Å². The molecule has 5 heteroatoms. The fourth-order valence-electron chi connectivity index (χ4n) is 2.33. The number of aryl methyl sites for hydroxylation is 3. The second kappa shape index (κ2) is 5.86. The van der Waals surface area contributed by atoms with E-state index in [0.29, 0.717) is 0 Å². The van der Waals surface area contributed by atoms with Crippen LogP contribution in [0, 0.1) is 13.8 Å². The first-order chi connectivity index (χ1) is 9.04. The minimum absolute atomic E-state index is 0.0762. The quantitative estimate of drug-likeness (QED) is 0.672. The summed E-state index contributed by atoms with van der Waals surface area (Å²) in [5.41, 5.74) is 7.50. The third kappa shape index (κ3) is 2.88. The first-order valence-corrected chi connectivity index (χ1v) is 7.03. The summed E-state index contributed by atoms with van der Waals surface area (Å²) in [4.78, 5) is 0. The molecule has 0 saturated carbocycles. The van der Waals surface area contributed by atoms with Gasteiger partial charge < -0.3 is 0 Å². The molecule has 0 aliphatic heterocycles. The number of hydrogen-bond donors (Lipinski definition) is 2. The van der Waals surface area contributed by atoms with Gasteiger partial charge in [0.25, 0.3) is 0 Å². The van der Waals surface area contributed by atoms with E-state index in [1.807, 2.05) is 30.8 Å². The summed E-state index contributed by atoms with van der Waals surface area (Å²) in [6.45, 7) is 4.09. The Morgan fingerprint density at radius 2 is 2.05 bits per heavy atom. The molecule has 19 heavy (non-hydrogen) atoms. The first kappa shape index (κ1) is 14.2. The van der Waals surface area contributed by atoms with Gasteiger partial charge in [0.1, 0.15) is 0 Å². The number of nitrogens with two attached hydrogens (primary N) is 1. The lowest BCUT2D eigenvalue weighted by Crippen LogP contribution is -2.30. The summed E-state index contributed by atoms with van der Waals surface area (Å²) in [5.74, 6) is 5.73. The molecular formula is C14H19BrN4. The first-order valence-electron chi connectivity index (χ1n) is 6.24. The van der Waals surface area contributed by atoms with E-state index in [9.17, 15) is 0 Å². The smallest absolute Gasteiger partial charge is 0.0738 e. The Morgan fingerprint density at radius 3 is 2.58 bits per heavy atom. The molecule has 1 aromatic heterocycles. The lowest BCUT2D eigenvalue weighted by molar-refractivity contribution is 0.527. The summed E-state index contributed by atoms with van der Waals surface area (Å²) in [5, 5.41) is 4.42. The average Bonchev–Trinajstić information content (AvgIpc) is 2.63. The average molecular weight is 323 g/mol. The van der Waals surface area contributed by atoms with Gasteiger partial charge in [-0.15, -0.1) is 0 Å². The molecule has 1 atom stereocenters. The standard InChI is InChI=1S/C14H19BrN4/c1-9-6-4-5-7-11(9)12(17-16)8-13-14(15)10(2)18-19(13)3/h4-7,12,17H,8,16H2,1-3H3. The number of aromatic nitrogens is 2. The van der Waals surface area contributed by atoms with Crippen molar-refractivity contribution in [2.75, 3.05) is 0 Å².